The highest BCUT2D eigenvalue weighted by atomic mass is 32.2. The normalized spacial score (nSPS) is 15.4. The summed E-state index contributed by atoms with van der Waals surface area (Å²) in [6.45, 7) is 5.20. The number of carbonyl (C=O) groups excluding carboxylic acids is 1. The summed E-state index contributed by atoms with van der Waals surface area (Å²) in [5.41, 5.74) is 3.11. The van der Waals surface area contributed by atoms with E-state index in [1.165, 1.54) is 15.2 Å². The number of ether oxygens (including phenoxy) is 1. The van der Waals surface area contributed by atoms with Crippen molar-refractivity contribution in [2.45, 2.75) is 18.4 Å². The number of para-hydroxylation sites is 1. The summed E-state index contributed by atoms with van der Waals surface area (Å²) in [6.07, 6.45) is 0. The van der Waals surface area contributed by atoms with Gasteiger partial charge in [-0.2, -0.15) is 4.31 Å². The Labute approximate surface area is 211 Å². The highest BCUT2D eigenvalue weighted by Crippen LogP contribution is 2.31. The molecule has 9 heteroatoms. The van der Waals surface area contributed by atoms with Crippen LogP contribution >= 0.6 is 0 Å². The zero-order valence-electron chi connectivity index (χ0n) is 20.5. The van der Waals surface area contributed by atoms with E-state index in [-0.39, 0.29) is 10.8 Å². The van der Waals surface area contributed by atoms with Crippen LogP contribution in [0.3, 0.4) is 0 Å². The standard InChI is InChI=1S/C27H30N4O4S/c1-3-31-25-7-5-4-6-23(25)24-18-20(8-13-26(24)31)28-27(32)19-29-14-16-30(17-15-29)36(33,34)22-11-9-21(35-2)10-12-22/h4-13,18H,3,14-17,19H2,1-2H3,(H,28,32)/p+1. The molecule has 8 nitrogen and oxygen atoms in total. The van der Waals surface area contributed by atoms with Gasteiger partial charge in [-0.05, 0) is 55.5 Å². The molecular weight excluding hydrogens is 476 g/mol. The van der Waals surface area contributed by atoms with Gasteiger partial charge in [0.25, 0.3) is 5.91 Å². The minimum Gasteiger partial charge on any atom is -0.497 e. The van der Waals surface area contributed by atoms with Crippen molar-refractivity contribution in [2.24, 2.45) is 0 Å². The quantitative estimate of drug-likeness (QED) is 0.402. The van der Waals surface area contributed by atoms with Crippen LogP contribution < -0.4 is 15.0 Å². The van der Waals surface area contributed by atoms with Gasteiger partial charge < -0.3 is 19.5 Å². The highest BCUT2D eigenvalue weighted by Gasteiger charge is 2.31. The third-order valence-corrected chi connectivity index (χ3v) is 8.82. The molecule has 0 atom stereocenters. The number of carbonyl (C=O) groups is 1. The van der Waals surface area contributed by atoms with Crippen LogP contribution in [0.2, 0.25) is 0 Å². The van der Waals surface area contributed by atoms with Gasteiger partial charge in [-0.25, -0.2) is 8.42 Å². The van der Waals surface area contributed by atoms with E-state index in [0.29, 0.717) is 38.5 Å². The fourth-order valence-electron chi connectivity index (χ4n) is 5.02. The first-order valence-corrected chi connectivity index (χ1v) is 13.6. The zero-order valence-corrected chi connectivity index (χ0v) is 21.3. The van der Waals surface area contributed by atoms with Gasteiger partial charge in [-0.15, -0.1) is 0 Å². The lowest BCUT2D eigenvalue weighted by atomic mass is 10.1. The first kappa shape index (κ1) is 24.3. The second-order valence-corrected chi connectivity index (χ2v) is 11.0. The van der Waals surface area contributed by atoms with Crippen LogP contribution in [-0.4, -0.2) is 63.0 Å². The number of rotatable bonds is 7. The van der Waals surface area contributed by atoms with Gasteiger partial charge in [-0.3, -0.25) is 4.79 Å². The summed E-state index contributed by atoms with van der Waals surface area (Å²) in [7, 11) is -2.02. The van der Waals surface area contributed by atoms with Crippen molar-refractivity contribution in [3.63, 3.8) is 0 Å². The Kier molecular flexibility index (Phi) is 6.70. The number of piperazine rings is 1. The Morgan fingerprint density at radius 2 is 1.67 bits per heavy atom. The first-order valence-electron chi connectivity index (χ1n) is 12.2. The molecule has 3 aromatic carbocycles. The van der Waals surface area contributed by atoms with Gasteiger partial charge in [-0.1, -0.05) is 18.2 Å². The molecule has 0 saturated carbocycles. The molecule has 4 aromatic rings. The maximum Gasteiger partial charge on any atom is 0.279 e. The Morgan fingerprint density at radius 3 is 2.36 bits per heavy atom. The number of sulfonamides is 1. The summed E-state index contributed by atoms with van der Waals surface area (Å²) in [4.78, 5) is 14.1. The Hall–Kier alpha value is -3.40. The number of benzene rings is 3. The maximum absolute atomic E-state index is 13.0. The average Bonchev–Trinajstić information content (AvgIpc) is 3.22. The van der Waals surface area contributed by atoms with Crippen molar-refractivity contribution in [3.05, 3.63) is 66.7 Å². The minimum atomic E-state index is -3.56. The number of fused-ring (bicyclic) bond motifs is 3. The minimum absolute atomic E-state index is 0.0740. The highest BCUT2D eigenvalue weighted by molar-refractivity contribution is 7.89. The number of nitrogens with zero attached hydrogens (tertiary/aromatic N) is 2. The maximum atomic E-state index is 13.0. The molecule has 188 valence electrons. The lowest BCUT2D eigenvalue weighted by Gasteiger charge is -2.31. The Morgan fingerprint density at radius 1 is 0.972 bits per heavy atom. The second-order valence-electron chi connectivity index (χ2n) is 9.05. The number of aryl methyl sites for hydroxylation is 1. The molecule has 1 amide bonds. The van der Waals surface area contributed by atoms with Crippen molar-refractivity contribution < 1.29 is 22.8 Å². The number of methoxy groups -OCH3 is 1. The predicted molar refractivity (Wildman–Crippen MR) is 141 cm³/mol. The number of aromatic nitrogens is 1. The molecule has 0 bridgehead atoms. The second kappa shape index (κ2) is 9.93. The largest absolute Gasteiger partial charge is 0.497 e. The van der Waals surface area contributed by atoms with Crippen molar-refractivity contribution in [1.82, 2.24) is 8.87 Å². The van der Waals surface area contributed by atoms with Crippen LogP contribution in [0.1, 0.15) is 6.92 Å². The lowest BCUT2D eigenvalue weighted by molar-refractivity contribution is -0.895. The summed E-state index contributed by atoms with van der Waals surface area (Å²) >= 11 is 0. The number of hydrogen-bond donors (Lipinski definition) is 2. The van der Waals surface area contributed by atoms with Crippen molar-refractivity contribution in [2.75, 3.05) is 45.2 Å². The Balaban J connectivity index is 1.22. The number of amides is 1. The first-order chi connectivity index (χ1) is 17.4. The molecule has 2 heterocycles. The van der Waals surface area contributed by atoms with E-state index in [0.717, 1.165) is 28.0 Å². The molecule has 0 aliphatic carbocycles. The van der Waals surface area contributed by atoms with Crippen LogP contribution in [-0.2, 0) is 21.4 Å². The van der Waals surface area contributed by atoms with Crippen LogP contribution in [0.5, 0.6) is 5.75 Å². The van der Waals surface area contributed by atoms with Crippen LogP contribution in [0.15, 0.2) is 71.6 Å². The summed E-state index contributed by atoms with van der Waals surface area (Å²) < 4.78 is 34.8. The fourth-order valence-corrected chi connectivity index (χ4v) is 6.46. The molecule has 2 N–H and O–H groups in total. The smallest absolute Gasteiger partial charge is 0.279 e. The van der Waals surface area contributed by atoms with Gasteiger partial charge in [0.1, 0.15) is 5.75 Å². The van der Waals surface area contributed by atoms with Gasteiger partial charge in [0, 0.05) is 34.0 Å². The number of nitrogens with one attached hydrogen (secondary N) is 2. The zero-order chi connectivity index (χ0) is 25.3. The molecule has 1 fully saturated rings. The number of hydrogen-bond acceptors (Lipinski definition) is 4. The van der Waals surface area contributed by atoms with Gasteiger partial charge in [0.2, 0.25) is 10.0 Å². The van der Waals surface area contributed by atoms with E-state index in [9.17, 15) is 13.2 Å². The molecule has 0 spiro atoms. The molecule has 36 heavy (non-hydrogen) atoms. The molecule has 0 radical (unpaired) electrons. The molecule has 1 aromatic heterocycles. The monoisotopic (exact) mass is 507 g/mol. The number of anilines is 1. The van der Waals surface area contributed by atoms with Crippen LogP contribution in [0.25, 0.3) is 21.8 Å². The van der Waals surface area contributed by atoms with E-state index in [1.807, 2.05) is 24.3 Å². The van der Waals surface area contributed by atoms with E-state index in [2.05, 4.69) is 35.0 Å². The lowest BCUT2D eigenvalue weighted by Crippen LogP contribution is -3.15. The van der Waals surface area contributed by atoms with E-state index in [4.69, 9.17) is 4.74 Å². The topological polar surface area (TPSA) is 85.1 Å². The predicted octanol–water partition coefficient (Wildman–Crippen LogP) is 2.35. The molecule has 1 aliphatic heterocycles. The van der Waals surface area contributed by atoms with Gasteiger partial charge in [0.05, 0.1) is 38.2 Å². The summed E-state index contributed by atoms with van der Waals surface area (Å²) in [5, 5.41) is 5.33. The number of quaternary nitrogens is 1. The summed E-state index contributed by atoms with van der Waals surface area (Å²) in [5.74, 6) is 0.541. The fraction of sp³-hybridized carbons (Fsp3) is 0.296. The van der Waals surface area contributed by atoms with E-state index < -0.39 is 10.0 Å². The van der Waals surface area contributed by atoms with Gasteiger partial charge in [0.15, 0.2) is 6.54 Å². The molecule has 5 rings (SSSR count). The van der Waals surface area contributed by atoms with Crippen molar-refractivity contribution in [1.29, 1.82) is 0 Å². The molecular formula is C27H31N4O4S+. The van der Waals surface area contributed by atoms with E-state index >= 15 is 0 Å². The Bertz CT molecular complexity index is 1500. The van der Waals surface area contributed by atoms with Crippen LogP contribution in [0, 0.1) is 0 Å². The molecule has 0 unspecified atom stereocenters. The average molecular weight is 508 g/mol. The molecule has 1 aliphatic rings. The molecule has 1 saturated heterocycles. The summed E-state index contributed by atoms with van der Waals surface area (Å²) in [6, 6.07) is 20.8. The van der Waals surface area contributed by atoms with Gasteiger partial charge >= 0.3 is 0 Å². The SMILES string of the molecule is CCn1c2ccccc2c2cc(NC(=O)C[NH+]3CCN(S(=O)(=O)c4ccc(OC)cc4)CC3)ccc21. The van der Waals surface area contributed by atoms with Crippen molar-refractivity contribution in [3.8, 4) is 5.75 Å². The third kappa shape index (κ3) is 4.57. The van der Waals surface area contributed by atoms with E-state index in [1.54, 1.807) is 31.4 Å². The van der Waals surface area contributed by atoms with Crippen LogP contribution in [0.4, 0.5) is 5.69 Å². The third-order valence-electron chi connectivity index (χ3n) is 6.91. The van der Waals surface area contributed by atoms with Crippen molar-refractivity contribution >= 4 is 43.4 Å².